The first kappa shape index (κ1) is 39.2. The van der Waals surface area contributed by atoms with Crippen LogP contribution in [0.2, 0.25) is 18.1 Å². The predicted molar refractivity (Wildman–Crippen MR) is 224 cm³/mol. The molecule has 1 aromatic heterocycles. The van der Waals surface area contributed by atoms with Crippen molar-refractivity contribution in [2.24, 2.45) is 0 Å². The van der Waals surface area contributed by atoms with E-state index in [9.17, 15) is 4.79 Å². The van der Waals surface area contributed by atoms with E-state index >= 15 is 0 Å². The first-order valence-corrected chi connectivity index (χ1v) is 22.2. The predicted octanol–water partition coefficient (Wildman–Crippen LogP) is 8.03. The lowest BCUT2D eigenvalue weighted by atomic mass is 10.0. The van der Waals surface area contributed by atoms with Gasteiger partial charge < -0.3 is 34.8 Å². The molecule has 4 aromatic carbocycles. The summed E-state index contributed by atoms with van der Waals surface area (Å²) in [6.07, 6.45) is 0.672. The van der Waals surface area contributed by atoms with Crippen LogP contribution in [0.1, 0.15) is 43.6 Å². The number of aromatic nitrogens is 1. The van der Waals surface area contributed by atoms with Crippen molar-refractivity contribution in [3.8, 4) is 11.5 Å². The quantitative estimate of drug-likeness (QED) is 0.0561. The van der Waals surface area contributed by atoms with E-state index in [4.69, 9.17) is 13.9 Å². The molecule has 9 nitrogen and oxygen atoms in total. The second-order valence-electron chi connectivity index (χ2n) is 15.6. The van der Waals surface area contributed by atoms with Crippen LogP contribution in [0.3, 0.4) is 0 Å². The maximum Gasteiger partial charge on any atom is 0.248 e. The van der Waals surface area contributed by atoms with Crippen molar-refractivity contribution in [2.75, 3.05) is 57.7 Å². The van der Waals surface area contributed by atoms with E-state index in [-0.39, 0.29) is 16.7 Å². The summed E-state index contributed by atoms with van der Waals surface area (Å²) in [5, 5.41) is 11.6. The highest BCUT2D eigenvalue weighted by Gasteiger charge is 2.39. The van der Waals surface area contributed by atoms with Gasteiger partial charge in [0.2, 0.25) is 5.56 Å². The minimum atomic E-state index is -2.16. The highest BCUT2D eigenvalue weighted by Crippen LogP contribution is 2.41. The monoisotopic (exact) mass is 747 g/mol. The van der Waals surface area contributed by atoms with Gasteiger partial charge in [0.1, 0.15) is 24.7 Å². The van der Waals surface area contributed by atoms with Gasteiger partial charge in [-0.2, -0.15) is 0 Å². The molecule has 54 heavy (non-hydrogen) atoms. The Morgan fingerprint density at radius 1 is 0.815 bits per heavy atom. The van der Waals surface area contributed by atoms with E-state index < -0.39 is 8.32 Å². The Bertz CT molecular complexity index is 1970. The Labute approximate surface area is 321 Å². The molecule has 0 spiro atoms. The number of hydrogen-bond acceptors (Lipinski definition) is 8. The normalized spacial score (nSPS) is 14.5. The minimum absolute atomic E-state index is 0.0323. The van der Waals surface area contributed by atoms with Crippen molar-refractivity contribution in [1.82, 2.24) is 20.5 Å². The Balaban J connectivity index is 1.06. The fraction of sp³-hybridized carbons (Fsp3) is 0.386. The molecular weight excluding hydrogens is 691 g/mol. The minimum Gasteiger partial charge on any atom is -0.492 e. The molecule has 5 aromatic rings. The number of fused-ring (bicyclic) bond motifs is 1. The van der Waals surface area contributed by atoms with Gasteiger partial charge in [-0.15, -0.1) is 0 Å². The maximum atomic E-state index is 12.5. The molecule has 6 rings (SSSR count). The summed E-state index contributed by atoms with van der Waals surface area (Å²) in [4.78, 5) is 18.0. The third kappa shape index (κ3) is 10.8. The summed E-state index contributed by atoms with van der Waals surface area (Å²) in [6.45, 7) is 19.1. The zero-order valence-electron chi connectivity index (χ0n) is 32.5. The van der Waals surface area contributed by atoms with Crippen LogP contribution < -0.4 is 31.0 Å². The highest BCUT2D eigenvalue weighted by molar-refractivity contribution is 6.74. The van der Waals surface area contributed by atoms with Gasteiger partial charge in [-0.1, -0.05) is 69.3 Å². The second-order valence-corrected chi connectivity index (χ2v) is 20.4. The van der Waals surface area contributed by atoms with Crippen LogP contribution in [-0.4, -0.2) is 70.6 Å². The van der Waals surface area contributed by atoms with Gasteiger partial charge in [0.25, 0.3) is 0 Å². The van der Waals surface area contributed by atoms with E-state index in [1.54, 1.807) is 6.07 Å². The molecular formula is C44H57N5O4Si. The van der Waals surface area contributed by atoms with E-state index in [0.29, 0.717) is 31.0 Å². The number of rotatable bonds is 17. The van der Waals surface area contributed by atoms with E-state index in [0.717, 1.165) is 79.3 Å². The number of anilines is 2. The molecule has 1 fully saturated rings. The van der Waals surface area contributed by atoms with Gasteiger partial charge in [-0.05, 0) is 96.3 Å². The molecule has 0 saturated carbocycles. The number of hydrogen-bond donors (Lipinski definition) is 4. The molecule has 0 unspecified atom stereocenters. The number of nitrogens with zero attached hydrogens (tertiary/aromatic N) is 1. The third-order valence-electron chi connectivity index (χ3n) is 10.6. The van der Waals surface area contributed by atoms with Crippen molar-refractivity contribution in [3.05, 3.63) is 130 Å². The first-order chi connectivity index (χ1) is 26.0. The zero-order chi connectivity index (χ0) is 38.0. The lowest BCUT2D eigenvalue weighted by molar-refractivity contribution is 0.182. The zero-order valence-corrected chi connectivity index (χ0v) is 33.5. The molecule has 0 bridgehead atoms. The van der Waals surface area contributed by atoms with Crippen LogP contribution in [-0.2, 0) is 17.5 Å². The molecule has 0 aliphatic carbocycles. The number of ether oxygens (including phenoxy) is 2. The molecule has 286 valence electrons. The van der Waals surface area contributed by atoms with Crippen LogP contribution >= 0.6 is 0 Å². The standard InChI is InChI=1S/C44H57N5O4Si/c1-44(2,3)54(4,5)53-41(38-19-21-40(43-39(38)20-22-42(50)48-43)52-32-34-9-7-6-8-10-34)31-46-24-23-33-11-13-35(14-12-33)47-36-15-17-37(18-16-36)51-30-29-49-27-25-45-26-28-49/h6-22,41,45-47H,23-32H2,1-5H3,(H,48,50)/t41-/m0/s1. The van der Waals surface area contributed by atoms with Crippen molar-refractivity contribution in [1.29, 1.82) is 0 Å². The molecule has 1 aliphatic rings. The fourth-order valence-corrected chi connectivity index (χ4v) is 7.66. The Kier molecular flexibility index (Phi) is 13.3. The van der Waals surface area contributed by atoms with Crippen LogP contribution in [0.15, 0.2) is 108 Å². The van der Waals surface area contributed by atoms with Crippen molar-refractivity contribution in [3.63, 3.8) is 0 Å². The summed E-state index contributed by atoms with van der Waals surface area (Å²) in [6, 6.07) is 34.4. The highest BCUT2D eigenvalue weighted by atomic mass is 28.4. The number of pyridine rings is 1. The molecule has 1 aliphatic heterocycles. The number of nitrogens with one attached hydrogen (secondary N) is 4. The summed E-state index contributed by atoms with van der Waals surface area (Å²) in [5.74, 6) is 1.54. The Morgan fingerprint density at radius 2 is 1.52 bits per heavy atom. The Hall–Kier alpha value is -4.45. The van der Waals surface area contributed by atoms with Crippen LogP contribution in [0.4, 0.5) is 11.4 Å². The fourth-order valence-electron chi connectivity index (χ4n) is 6.38. The van der Waals surface area contributed by atoms with Crippen LogP contribution in [0.25, 0.3) is 10.9 Å². The van der Waals surface area contributed by atoms with Gasteiger partial charge in [-0.25, -0.2) is 0 Å². The Morgan fingerprint density at radius 3 is 2.22 bits per heavy atom. The van der Waals surface area contributed by atoms with Gasteiger partial charge >= 0.3 is 0 Å². The lowest BCUT2D eigenvalue weighted by Gasteiger charge is -2.39. The van der Waals surface area contributed by atoms with E-state index in [1.807, 2.05) is 54.6 Å². The molecule has 1 saturated heterocycles. The van der Waals surface area contributed by atoms with Gasteiger partial charge in [0, 0.05) is 62.1 Å². The summed E-state index contributed by atoms with van der Waals surface area (Å²) >= 11 is 0. The van der Waals surface area contributed by atoms with Crippen molar-refractivity contribution < 1.29 is 13.9 Å². The average molecular weight is 748 g/mol. The number of piperazine rings is 1. The maximum absolute atomic E-state index is 12.5. The largest absolute Gasteiger partial charge is 0.492 e. The van der Waals surface area contributed by atoms with E-state index in [2.05, 4.69) is 102 Å². The van der Waals surface area contributed by atoms with Crippen molar-refractivity contribution in [2.45, 2.75) is 58.0 Å². The average Bonchev–Trinajstić information content (AvgIpc) is 3.17. The van der Waals surface area contributed by atoms with Crippen LogP contribution in [0.5, 0.6) is 11.5 Å². The number of benzene rings is 4. The van der Waals surface area contributed by atoms with Gasteiger partial charge in [0.15, 0.2) is 8.32 Å². The van der Waals surface area contributed by atoms with E-state index in [1.165, 1.54) is 5.56 Å². The molecule has 0 radical (unpaired) electrons. The van der Waals surface area contributed by atoms with Crippen molar-refractivity contribution >= 4 is 30.6 Å². The number of H-pyrrole nitrogens is 1. The summed E-state index contributed by atoms with van der Waals surface area (Å²) in [7, 11) is -2.16. The topological polar surface area (TPSA) is 99.9 Å². The lowest BCUT2D eigenvalue weighted by Crippen LogP contribution is -2.44. The second kappa shape index (κ2) is 18.3. The number of aromatic amines is 1. The van der Waals surface area contributed by atoms with Gasteiger partial charge in [0.05, 0.1) is 11.6 Å². The summed E-state index contributed by atoms with van der Waals surface area (Å²) < 4.78 is 19.3. The summed E-state index contributed by atoms with van der Waals surface area (Å²) in [5.41, 5.74) is 5.96. The third-order valence-corrected chi connectivity index (χ3v) is 15.1. The van der Waals surface area contributed by atoms with Gasteiger partial charge in [-0.3, -0.25) is 9.69 Å². The smallest absolute Gasteiger partial charge is 0.248 e. The molecule has 4 N–H and O–H groups in total. The molecule has 0 amide bonds. The molecule has 1 atom stereocenters. The molecule has 10 heteroatoms. The first-order valence-electron chi connectivity index (χ1n) is 19.3. The molecule has 2 heterocycles. The SMILES string of the molecule is CC(C)(C)[Si](C)(C)O[C@@H](CNCCc1ccc(Nc2ccc(OCCN3CCNCC3)cc2)cc1)c1ccc(OCc2ccccc2)c2[nH]c(=O)ccc12. The van der Waals surface area contributed by atoms with Crippen LogP contribution in [0, 0.1) is 0 Å².